The molecule has 0 saturated carbocycles. The fourth-order valence-electron chi connectivity index (χ4n) is 1.49. The van der Waals surface area contributed by atoms with E-state index in [1.807, 2.05) is 0 Å². The number of rotatable bonds is 2. The summed E-state index contributed by atoms with van der Waals surface area (Å²) in [6.07, 6.45) is 6.29. The van der Waals surface area contributed by atoms with Crippen LogP contribution in [0.1, 0.15) is 0 Å². The van der Waals surface area contributed by atoms with Crippen molar-refractivity contribution in [3.8, 4) is 5.82 Å². The smallest absolute Gasteiger partial charge is 0.358 e. The molecule has 16 heavy (non-hydrogen) atoms. The third-order valence-electron chi connectivity index (χ3n) is 2.14. The maximum atomic E-state index is 11.0. The van der Waals surface area contributed by atoms with Crippen LogP contribution in [0.3, 0.4) is 0 Å². The zero-order valence-electron chi connectivity index (χ0n) is 7.85. The highest BCUT2D eigenvalue weighted by Crippen LogP contribution is 2.26. The summed E-state index contributed by atoms with van der Waals surface area (Å²) >= 11 is 1.35. The molecule has 0 aliphatic heterocycles. The Kier molecular flexibility index (Phi) is 1.77. The van der Waals surface area contributed by atoms with Gasteiger partial charge >= 0.3 is 5.82 Å². The Morgan fingerprint density at radius 2 is 2.31 bits per heavy atom. The first-order valence-electron chi connectivity index (χ1n) is 4.35. The van der Waals surface area contributed by atoms with E-state index in [-0.39, 0.29) is 11.6 Å². The number of hydrogen-bond acceptors (Lipinski definition) is 5. The van der Waals surface area contributed by atoms with E-state index in [4.69, 9.17) is 0 Å². The lowest BCUT2D eigenvalue weighted by atomic mass is 10.6. The lowest BCUT2D eigenvalue weighted by Crippen LogP contribution is -1.99. The Hall–Kier alpha value is -2.22. The molecule has 0 saturated heterocycles. The number of aromatic nitrogens is 4. The van der Waals surface area contributed by atoms with E-state index >= 15 is 0 Å². The van der Waals surface area contributed by atoms with Crippen molar-refractivity contribution < 1.29 is 4.92 Å². The van der Waals surface area contributed by atoms with Gasteiger partial charge in [0, 0.05) is 17.8 Å². The molecule has 0 aliphatic carbocycles. The van der Waals surface area contributed by atoms with E-state index in [2.05, 4.69) is 9.97 Å². The van der Waals surface area contributed by atoms with Crippen LogP contribution in [0.25, 0.3) is 10.8 Å². The second kappa shape index (κ2) is 3.14. The van der Waals surface area contributed by atoms with E-state index in [9.17, 15) is 10.1 Å². The standard InChI is InChI=1S/C8H5N5O2S/c14-13(15)7-6(11-2-1-9-5-11)10-8-12(7)3-4-16-8/h1-5H. The molecule has 3 heterocycles. The molecule has 7 nitrogen and oxygen atoms in total. The second-order valence-corrected chi connectivity index (χ2v) is 3.91. The quantitative estimate of drug-likeness (QED) is 0.498. The molecule has 0 atom stereocenters. The molecule has 3 aromatic rings. The summed E-state index contributed by atoms with van der Waals surface area (Å²) in [6.45, 7) is 0. The molecule has 0 amide bonds. The molecule has 0 N–H and O–H groups in total. The van der Waals surface area contributed by atoms with Crippen LogP contribution >= 0.6 is 11.3 Å². The van der Waals surface area contributed by atoms with Gasteiger partial charge in [-0.05, 0) is 4.92 Å². The summed E-state index contributed by atoms with van der Waals surface area (Å²) in [5, 5.41) is 12.8. The SMILES string of the molecule is O=[N+]([O-])c1c(-n2ccnc2)nc2sccn12. The van der Waals surface area contributed by atoms with Gasteiger partial charge in [-0.1, -0.05) is 11.3 Å². The zero-order chi connectivity index (χ0) is 11.1. The van der Waals surface area contributed by atoms with E-state index in [1.54, 1.807) is 24.0 Å². The Balaban J connectivity index is 2.35. The van der Waals surface area contributed by atoms with Crippen LogP contribution in [0.15, 0.2) is 30.3 Å². The van der Waals surface area contributed by atoms with Gasteiger partial charge in [-0.3, -0.25) is 4.57 Å². The molecule has 0 unspecified atom stereocenters. The summed E-state index contributed by atoms with van der Waals surface area (Å²) in [5.74, 6) is 0.239. The van der Waals surface area contributed by atoms with Gasteiger partial charge in [0.05, 0.1) is 0 Å². The third-order valence-corrected chi connectivity index (χ3v) is 2.90. The van der Waals surface area contributed by atoms with Crippen LogP contribution in [0.5, 0.6) is 0 Å². The van der Waals surface area contributed by atoms with Crippen molar-refractivity contribution in [3.05, 3.63) is 40.4 Å². The van der Waals surface area contributed by atoms with Crippen molar-refractivity contribution in [2.24, 2.45) is 0 Å². The Morgan fingerprint density at radius 3 is 3.00 bits per heavy atom. The van der Waals surface area contributed by atoms with Crippen LogP contribution in [-0.2, 0) is 0 Å². The first-order chi connectivity index (χ1) is 7.77. The summed E-state index contributed by atoms with van der Waals surface area (Å²) < 4.78 is 2.98. The van der Waals surface area contributed by atoms with Crippen LogP contribution in [0, 0.1) is 10.1 Å². The van der Waals surface area contributed by atoms with Crippen molar-refractivity contribution in [2.45, 2.75) is 0 Å². The molecule has 0 spiro atoms. The van der Waals surface area contributed by atoms with Crippen molar-refractivity contribution in [1.29, 1.82) is 0 Å². The summed E-state index contributed by atoms with van der Waals surface area (Å²) in [4.78, 5) is 19.2. The molecule has 0 aliphatic rings. The minimum atomic E-state index is -0.442. The first kappa shape index (κ1) is 9.04. The summed E-state index contributed by atoms with van der Waals surface area (Å²) in [6, 6.07) is 0. The molecular weight excluding hydrogens is 230 g/mol. The highest BCUT2D eigenvalue weighted by atomic mass is 32.1. The normalized spacial score (nSPS) is 11.0. The van der Waals surface area contributed by atoms with E-state index in [0.29, 0.717) is 4.96 Å². The Bertz CT molecular complexity index is 653. The molecule has 0 bridgehead atoms. The number of nitrogens with zero attached hydrogens (tertiary/aromatic N) is 5. The van der Waals surface area contributed by atoms with Gasteiger partial charge in [-0.15, -0.1) is 0 Å². The van der Waals surface area contributed by atoms with Crippen molar-refractivity contribution in [3.63, 3.8) is 0 Å². The second-order valence-electron chi connectivity index (χ2n) is 3.04. The predicted octanol–water partition coefficient (Wildman–Crippen LogP) is 1.49. The molecule has 80 valence electrons. The molecule has 3 rings (SSSR count). The topological polar surface area (TPSA) is 78.3 Å². The van der Waals surface area contributed by atoms with Crippen LogP contribution in [0.2, 0.25) is 0 Å². The Labute approximate surface area is 92.8 Å². The van der Waals surface area contributed by atoms with E-state index in [0.717, 1.165) is 0 Å². The minimum absolute atomic E-state index is 0.0470. The summed E-state index contributed by atoms with van der Waals surface area (Å²) in [7, 11) is 0. The van der Waals surface area contributed by atoms with Gasteiger partial charge in [0.2, 0.25) is 5.82 Å². The molecule has 0 radical (unpaired) electrons. The highest BCUT2D eigenvalue weighted by molar-refractivity contribution is 7.15. The zero-order valence-corrected chi connectivity index (χ0v) is 8.66. The van der Waals surface area contributed by atoms with Gasteiger partial charge in [0.15, 0.2) is 0 Å². The van der Waals surface area contributed by atoms with Gasteiger partial charge in [-0.25, -0.2) is 4.98 Å². The molecule has 0 aromatic carbocycles. The van der Waals surface area contributed by atoms with Crippen LogP contribution < -0.4 is 0 Å². The Morgan fingerprint density at radius 1 is 1.44 bits per heavy atom. The highest BCUT2D eigenvalue weighted by Gasteiger charge is 2.24. The third kappa shape index (κ3) is 1.13. The van der Waals surface area contributed by atoms with Crippen molar-refractivity contribution in [2.75, 3.05) is 0 Å². The number of imidazole rings is 2. The lowest BCUT2D eigenvalue weighted by Gasteiger charge is -1.97. The van der Waals surface area contributed by atoms with E-state index in [1.165, 1.54) is 26.6 Å². The van der Waals surface area contributed by atoms with Crippen molar-refractivity contribution >= 4 is 22.1 Å². The largest absolute Gasteiger partial charge is 0.373 e. The number of fused-ring (bicyclic) bond motifs is 1. The molecular formula is C8H5N5O2S. The van der Waals surface area contributed by atoms with Gasteiger partial charge in [0.25, 0.3) is 4.96 Å². The number of nitro groups is 1. The predicted molar refractivity (Wildman–Crippen MR) is 56.8 cm³/mol. The monoisotopic (exact) mass is 235 g/mol. The van der Waals surface area contributed by atoms with Crippen molar-refractivity contribution in [1.82, 2.24) is 18.9 Å². The van der Waals surface area contributed by atoms with Crippen LogP contribution in [-0.4, -0.2) is 23.9 Å². The number of hydrogen-bond donors (Lipinski definition) is 0. The first-order valence-corrected chi connectivity index (χ1v) is 5.23. The maximum absolute atomic E-state index is 11.0. The molecule has 3 aromatic heterocycles. The van der Waals surface area contributed by atoms with Gasteiger partial charge < -0.3 is 10.1 Å². The average Bonchev–Trinajstić information content (AvgIpc) is 2.92. The lowest BCUT2D eigenvalue weighted by molar-refractivity contribution is -0.390. The maximum Gasteiger partial charge on any atom is 0.373 e. The van der Waals surface area contributed by atoms with E-state index < -0.39 is 4.92 Å². The summed E-state index contributed by atoms with van der Waals surface area (Å²) in [5.41, 5.74) is 0. The van der Waals surface area contributed by atoms with Gasteiger partial charge in [0.1, 0.15) is 12.5 Å². The fourth-order valence-corrected chi connectivity index (χ4v) is 2.19. The minimum Gasteiger partial charge on any atom is -0.358 e. The average molecular weight is 235 g/mol. The fraction of sp³-hybridized carbons (Fsp3) is 0. The van der Waals surface area contributed by atoms with Gasteiger partial charge in [-0.2, -0.15) is 9.38 Å². The number of thiazole rings is 1. The molecule has 8 heteroatoms. The van der Waals surface area contributed by atoms with Crippen LogP contribution in [0.4, 0.5) is 5.82 Å². The molecule has 0 fully saturated rings.